The van der Waals surface area contributed by atoms with Gasteiger partial charge in [0.25, 0.3) is 0 Å². The molecule has 0 aromatic heterocycles. The molecule has 0 aromatic carbocycles. The Hall–Kier alpha value is -5.49. The predicted octanol–water partition coefficient (Wildman–Crippen LogP) is 21.7. The molecule has 440 valence electrons. The number of hydrogen-bond donors (Lipinski definition) is 0. The zero-order valence-corrected chi connectivity index (χ0v) is 50.3. The Morgan fingerprint density at radius 3 is 0.810 bits per heavy atom. The molecule has 0 aromatic rings. The van der Waals surface area contributed by atoms with Gasteiger partial charge in [-0.3, -0.25) is 14.4 Å². The molecular formula is C73H112O6. The van der Waals surface area contributed by atoms with Crippen LogP contribution in [-0.2, 0) is 28.6 Å². The van der Waals surface area contributed by atoms with Crippen molar-refractivity contribution in [3.63, 3.8) is 0 Å². The molecule has 0 radical (unpaired) electrons. The van der Waals surface area contributed by atoms with Crippen molar-refractivity contribution in [3.8, 4) is 0 Å². The lowest BCUT2D eigenvalue weighted by molar-refractivity contribution is -0.167. The molecule has 1 unspecified atom stereocenters. The van der Waals surface area contributed by atoms with E-state index in [0.717, 1.165) is 135 Å². The van der Waals surface area contributed by atoms with Gasteiger partial charge in [-0.25, -0.2) is 0 Å². The number of esters is 3. The first-order chi connectivity index (χ1) is 39.0. The third-order valence-corrected chi connectivity index (χ3v) is 12.4. The maximum atomic E-state index is 12.9. The minimum Gasteiger partial charge on any atom is -0.462 e. The molecule has 0 aliphatic rings. The van der Waals surface area contributed by atoms with Crippen LogP contribution in [0.3, 0.4) is 0 Å². The van der Waals surface area contributed by atoms with E-state index in [2.05, 4.69) is 203 Å². The molecule has 1 atom stereocenters. The summed E-state index contributed by atoms with van der Waals surface area (Å²) in [5.74, 6) is -1.04. The number of unbranched alkanes of at least 4 members (excludes halogenated alkanes) is 13. The normalized spacial score (nSPS) is 13.4. The highest BCUT2D eigenvalue weighted by Crippen LogP contribution is 2.13. The highest BCUT2D eigenvalue weighted by molar-refractivity contribution is 5.71. The molecule has 0 amide bonds. The largest absolute Gasteiger partial charge is 0.462 e. The highest BCUT2D eigenvalue weighted by Gasteiger charge is 2.19. The molecule has 6 heteroatoms. The first kappa shape index (κ1) is 73.5. The monoisotopic (exact) mass is 1080 g/mol. The molecule has 0 rings (SSSR count). The van der Waals surface area contributed by atoms with Crippen LogP contribution in [0.15, 0.2) is 182 Å². The Morgan fingerprint density at radius 1 is 0.266 bits per heavy atom. The predicted molar refractivity (Wildman–Crippen MR) is 343 cm³/mol. The van der Waals surface area contributed by atoms with Crippen molar-refractivity contribution in [3.05, 3.63) is 182 Å². The molecule has 0 saturated carbocycles. The zero-order valence-electron chi connectivity index (χ0n) is 50.3. The lowest BCUT2D eigenvalue weighted by atomic mass is 10.1. The minimum absolute atomic E-state index is 0.123. The molecule has 0 bridgehead atoms. The van der Waals surface area contributed by atoms with Crippen molar-refractivity contribution < 1.29 is 28.6 Å². The Morgan fingerprint density at radius 2 is 0.506 bits per heavy atom. The molecule has 0 saturated heterocycles. The van der Waals surface area contributed by atoms with E-state index in [4.69, 9.17) is 14.2 Å². The van der Waals surface area contributed by atoms with Crippen molar-refractivity contribution in [2.75, 3.05) is 13.2 Å². The van der Waals surface area contributed by atoms with Crippen molar-refractivity contribution in [2.45, 2.75) is 245 Å². The lowest BCUT2D eigenvalue weighted by Gasteiger charge is -2.18. The van der Waals surface area contributed by atoms with Crippen molar-refractivity contribution in [2.24, 2.45) is 0 Å². The van der Waals surface area contributed by atoms with Crippen LogP contribution in [0.4, 0.5) is 0 Å². The van der Waals surface area contributed by atoms with Gasteiger partial charge < -0.3 is 14.2 Å². The first-order valence-corrected chi connectivity index (χ1v) is 31.3. The van der Waals surface area contributed by atoms with Crippen molar-refractivity contribution in [1.29, 1.82) is 0 Å². The topological polar surface area (TPSA) is 78.9 Å². The minimum atomic E-state index is -0.836. The van der Waals surface area contributed by atoms with Gasteiger partial charge in [-0.2, -0.15) is 0 Å². The summed E-state index contributed by atoms with van der Waals surface area (Å²) in [4.78, 5) is 38.2. The molecule has 0 fully saturated rings. The Balaban J connectivity index is 4.53. The molecule has 0 heterocycles. The highest BCUT2D eigenvalue weighted by atomic mass is 16.6. The number of hydrogen-bond acceptors (Lipinski definition) is 6. The second kappa shape index (κ2) is 65.0. The van der Waals surface area contributed by atoms with E-state index in [1.165, 1.54) is 51.4 Å². The van der Waals surface area contributed by atoms with Gasteiger partial charge >= 0.3 is 17.9 Å². The Kier molecular flexibility index (Phi) is 60.5. The van der Waals surface area contributed by atoms with Gasteiger partial charge in [0.1, 0.15) is 13.2 Å². The molecular weight excluding hydrogens is 973 g/mol. The quantitative estimate of drug-likeness (QED) is 0.0261. The third-order valence-electron chi connectivity index (χ3n) is 12.4. The standard InChI is InChI=1S/C73H112O6/c1-4-7-10-13-16-19-22-24-26-28-30-32-34-35-36-37-39-40-42-44-46-48-51-54-57-60-63-66-72(75)78-69-70(68-77-71(74)65-62-59-56-53-50-21-18-15-12-9-6-3)79-73(76)67-64-61-58-55-52-49-47-45-43-41-38-33-31-29-27-25-23-20-17-14-11-8-5-2/h7-8,10-11,16-17,19-20,24-27,30-33,35-36,39-41,43-44,46-47,49,51,54-55,58,70H,4-6,9,12-15,18,21-23,28-29,34,37-38,42,45,48,50,52-53,56-57,59-69H2,1-3H3/b10-7-,11-8-,19-16-,20-17-,26-24-,27-25-,32-30-,33-31-,36-35-,40-39-,43-41-,46-44-,49-47-,54-51-,58-55-. The van der Waals surface area contributed by atoms with Crippen LogP contribution in [0.25, 0.3) is 0 Å². The Bertz CT molecular complexity index is 1870. The number of rotatable bonds is 54. The molecule has 0 spiro atoms. The molecule has 79 heavy (non-hydrogen) atoms. The van der Waals surface area contributed by atoms with Gasteiger partial charge in [-0.15, -0.1) is 0 Å². The zero-order chi connectivity index (χ0) is 57.1. The lowest BCUT2D eigenvalue weighted by Crippen LogP contribution is -2.30. The van der Waals surface area contributed by atoms with E-state index in [0.29, 0.717) is 19.3 Å². The second-order valence-corrected chi connectivity index (χ2v) is 19.9. The average Bonchev–Trinajstić information content (AvgIpc) is 3.45. The molecule has 6 nitrogen and oxygen atoms in total. The van der Waals surface area contributed by atoms with E-state index in [-0.39, 0.29) is 44.0 Å². The maximum absolute atomic E-state index is 12.9. The van der Waals surface area contributed by atoms with Crippen LogP contribution >= 0.6 is 0 Å². The average molecular weight is 1090 g/mol. The van der Waals surface area contributed by atoms with Gasteiger partial charge in [0.2, 0.25) is 0 Å². The van der Waals surface area contributed by atoms with Crippen LogP contribution in [0.1, 0.15) is 239 Å². The number of carbonyl (C=O) groups is 3. The van der Waals surface area contributed by atoms with E-state index in [9.17, 15) is 14.4 Å². The van der Waals surface area contributed by atoms with Gasteiger partial charge in [-0.1, -0.05) is 267 Å². The summed E-state index contributed by atoms with van der Waals surface area (Å²) in [7, 11) is 0. The fourth-order valence-corrected chi connectivity index (χ4v) is 7.80. The number of carbonyl (C=O) groups excluding carboxylic acids is 3. The van der Waals surface area contributed by atoms with Gasteiger partial charge in [0.05, 0.1) is 0 Å². The number of ether oxygens (including phenoxy) is 3. The summed E-state index contributed by atoms with van der Waals surface area (Å²) >= 11 is 0. The summed E-state index contributed by atoms with van der Waals surface area (Å²) < 4.78 is 16.8. The van der Waals surface area contributed by atoms with Gasteiger partial charge in [-0.05, 0) is 135 Å². The van der Waals surface area contributed by atoms with Crippen molar-refractivity contribution >= 4 is 17.9 Å². The SMILES string of the molecule is CC/C=C\C/C=C\C/C=C\C/C=C\C/C=C\C/C=C\C/C=C\C/C=C\CCCCC(=O)OCC(COC(=O)CCCCCCCCCCCCC)OC(=O)CCC/C=C\C/C=C\C/C=C\C/C=C\C/C=C\C/C=C\C/C=C\CC. The van der Waals surface area contributed by atoms with Crippen LogP contribution in [-0.4, -0.2) is 37.2 Å². The summed E-state index contributed by atoms with van der Waals surface area (Å²) in [5.41, 5.74) is 0. The van der Waals surface area contributed by atoms with Gasteiger partial charge in [0, 0.05) is 19.3 Å². The smallest absolute Gasteiger partial charge is 0.306 e. The van der Waals surface area contributed by atoms with Crippen LogP contribution in [0, 0.1) is 0 Å². The van der Waals surface area contributed by atoms with Crippen molar-refractivity contribution in [1.82, 2.24) is 0 Å². The maximum Gasteiger partial charge on any atom is 0.306 e. The summed E-state index contributed by atoms with van der Waals surface area (Å²) in [6.07, 6.45) is 97.6. The van der Waals surface area contributed by atoms with E-state index < -0.39 is 6.10 Å². The van der Waals surface area contributed by atoms with E-state index in [1.54, 1.807) is 0 Å². The van der Waals surface area contributed by atoms with Crippen LogP contribution in [0.5, 0.6) is 0 Å². The Labute approximate surface area is 484 Å². The number of allylic oxidation sites excluding steroid dienone is 30. The third kappa shape index (κ3) is 63.2. The fourth-order valence-electron chi connectivity index (χ4n) is 7.80. The summed E-state index contributed by atoms with van der Waals surface area (Å²) in [6.45, 7) is 6.30. The fraction of sp³-hybridized carbons (Fsp3) is 0.548. The van der Waals surface area contributed by atoms with Crippen LogP contribution < -0.4 is 0 Å². The van der Waals surface area contributed by atoms with Crippen LogP contribution in [0.2, 0.25) is 0 Å². The van der Waals surface area contributed by atoms with E-state index in [1.807, 2.05) is 0 Å². The molecule has 0 aliphatic carbocycles. The second-order valence-electron chi connectivity index (χ2n) is 19.9. The summed E-state index contributed by atoms with van der Waals surface area (Å²) in [6, 6.07) is 0. The molecule has 0 N–H and O–H groups in total. The molecule has 0 aliphatic heterocycles. The first-order valence-electron chi connectivity index (χ1n) is 31.3. The van der Waals surface area contributed by atoms with Gasteiger partial charge in [0.15, 0.2) is 6.10 Å². The summed E-state index contributed by atoms with van der Waals surface area (Å²) in [5, 5.41) is 0. The van der Waals surface area contributed by atoms with E-state index >= 15 is 0 Å².